The van der Waals surface area contributed by atoms with Crippen molar-refractivity contribution in [1.82, 2.24) is 5.32 Å². The van der Waals surface area contributed by atoms with Crippen LogP contribution in [0.1, 0.15) is 41.6 Å². The van der Waals surface area contributed by atoms with Crippen LogP contribution >= 0.6 is 11.6 Å². The Balaban J connectivity index is 2.05. The molecule has 2 atom stereocenters. The van der Waals surface area contributed by atoms with E-state index in [1.54, 1.807) is 12.1 Å². The fraction of sp³-hybridized carbons (Fsp3) is 0.533. The molecule has 1 amide bonds. The highest BCUT2D eigenvalue weighted by Gasteiger charge is 2.26. The van der Waals surface area contributed by atoms with Gasteiger partial charge in [0.25, 0.3) is 5.91 Å². The minimum Gasteiger partial charge on any atom is -0.396 e. The molecular formula is C15H20ClNO2. The highest BCUT2D eigenvalue weighted by atomic mass is 35.5. The average molecular weight is 282 g/mol. The van der Waals surface area contributed by atoms with Crippen molar-refractivity contribution in [1.29, 1.82) is 0 Å². The van der Waals surface area contributed by atoms with Gasteiger partial charge >= 0.3 is 0 Å². The number of nitrogens with one attached hydrogen (secondary N) is 1. The number of amides is 1. The lowest BCUT2D eigenvalue weighted by Gasteiger charge is -2.30. The fourth-order valence-corrected chi connectivity index (χ4v) is 2.78. The van der Waals surface area contributed by atoms with Gasteiger partial charge in [0.2, 0.25) is 0 Å². The molecule has 0 spiro atoms. The highest BCUT2D eigenvalue weighted by molar-refractivity contribution is 6.31. The molecule has 19 heavy (non-hydrogen) atoms. The minimum absolute atomic E-state index is 0.0753. The number of carbonyl (C=O) groups is 1. The van der Waals surface area contributed by atoms with Gasteiger partial charge < -0.3 is 10.4 Å². The van der Waals surface area contributed by atoms with Crippen LogP contribution in [-0.2, 0) is 0 Å². The van der Waals surface area contributed by atoms with Gasteiger partial charge in [-0.25, -0.2) is 0 Å². The summed E-state index contributed by atoms with van der Waals surface area (Å²) < 4.78 is 0. The van der Waals surface area contributed by atoms with E-state index in [1.165, 1.54) is 0 Å². The van der Waals surface area contributed by atoms with Crippen LogP contribution in [0.4, 0.5) is 0 Å². The number of aliphatic hydroxyl groups excluding tert-OH is 1. The topological polar surface area (TPSA) is 49.3 Å². The largest absolute Gasteiger partial charge is 0.396 e. The summed E-state index contributed by atoms with van der Waals surface area (Å²) in [4.78, 5) is 12.2. The van der Waals surface area contributed by atoms with Crippen molar-refractivity contribution >= 4 is 17.5 Å². The second kappa shape index (κ2) is 6.40. The Hall–Kier alpha value is -1.06. The van der Waals surface area contributed by atoms with E-state index in [4.69, 9.17) is 11.6 Å². The zero-order valence-corrected chi connectivity index (χ0v) is 11.9. The summed E-state index contributed by atoms with van der Waals surface area (Å²) in [5, 5.41) is 13.0. The lowest BCUT2D eigenvalue weighted by Crippen LogP contribution is -2.43. The van der Waals surface area contributed by atoms with Crippen LogP contribution < -0.4 is 5.32 Å². The first kappa shape index (κ1) is 14.4. The zero-order chi connectivity index (χ0) is 13.8. The molecule has 0 aliphatic heterocycles. The van der Waals surface area contributed by atoms with Crippen LogP contribution in [0.15, 0.2) is 18.2 Å². The first-order chi connectivity index (χ1) is 9.11. The number of benzene rings is 1. The molecule has 104 valence electrons. The van der Waals surface area contributed by atoms with Gasteiger partial charge in [-0.05, 0) is 37.5 Å². The normalized spacial score (nSPS) is 23.1. The molecule has 1 aromatic carbocycles. The van der Waals surface area contributed by atoms with E-state index in [0.717, 1.165) is 31.2 Å². The molecule has 2 unspecified atom stereocenters. The van der Waals surface area contributed by atoms with Gasteiger partial charge in [-0.1, -0.05) is 30.5 Å². The van der Waals surface area contributed by atoms with Crippen molar-refractivity contribution in [2.75, 3.05) is 6.61 Å². The third-order valence-corrected chi connectivity index (χ3v) is 4.30. The van der Waals surface area contributed by atoms with Gasteiger partial charge in [-0.15, -0.1) is 0 Å². The van der Waals surface area contributed by atoms with Crippen LogP contribution in [0.2, 0.25) is 5.02 Å². The second-order valence-corrected chi connectivity index (χ2v) is 5.68. The molecule has 0 heterocycles. The summed E-state index contributed by atoms with van der Waals surface area (Å²) in [6, 6.07) is 5.41. The molecule has 0 aromatic heterocycles. The van der Waals surface area contributed by atoms with Gasteiger partial charge in [-0.3, -0.25) is 4.79 Å². The fourth-order valence-electron chi connectivity index (χ4n) is 2.60. The number of hydrogen-bond donors (Lipinski definition) is 2. The molecular weight excluding hydrogens is 262 g/mol. The molecule has 1 saturated carbocycles. The number of hydrogen-bond acceptors (Lipinski definition) is 2. The van der Waals surface area contributed by atoms with Crippen molar-refractivity contribution < 1.29 is 9.90 Å². The van der Waals surface area contributed by atoms with E-state index < -0.39 is 0 Å². The summed E-state index contributed by atoms with van der Waals surface area (Å²) in [5.74, 6) is 0.0749. The van der Waals surface area contributed by atoms with E-state index in [1.807, 2.05) is 13.0 Å². The van der Waals surface area contributed by atoms with Crippen LogP contribution in [0.3, 0.4) is 0 Å². The van der Waals surface area contributed by atoms with Crippen LogP contribution in [0.25, 0.3) is 0 Å². The molecule has 1 fully saturated rings. The lowest BCUT2D eigenvalue weighted by atomic mass is 9.85. The molecule has 2 N–H and O–H groups in total. The molecule has 3 nitrogen and oxygen atoms in total. The van der Waals surface area contributed by atoms with Crippen LogP contribution in [-0.4, -0.2) is 23.7 Å². The van der Waals surface area contributed by atoms with Gasteiger partial charge in [0, 0.05) is 29.2 Å². The van der Waals surface area contributed by atoms with Crippen molar-refractivity contribution in [3.05, 3.63) is 34.3 Å². The Morgan fingerprint density at radius 1 is 1.42 bits per heavy atom. The third-order valence-electron chi connectivity index (χ3n) is 3.89. The van der Waals surface area contributed by atoms with Crippen molar-refractivity contribution in [3.8, 4) is 0 Å². The predicted molar refractivity (Wildman–Crippen MR) is 76.5 cm³/mol. The highest BCUT2D eigenvalue weighted by Crippen LogP contribution is 2.24. The summed E-state index contributed by atoms with van der Waals surface area (Å²) in [5.41, 5.74) is 1.54. The van der Waals surface area contributed by atoms with Crippen LogP contribution in [0.5, 0.6) is 0 Å². The maximum absolute atomic E-state index is 12.2. The maximum atomic E-state index is 12.2. The van der Waals surface area contributed by atoms with E-state index in [0.29, 0.717) is 10.6 Å². The van der Waals surface area contributed by atoms with Crippen molar-refractivity contribution in [3.63, 3.8) is 0 Å². The molecule has 4 heteroatoms. The van der Waals surface area contributed by atoms with Crippen molar-refractivity contribution in [2.45, 2.75) is 38.6 Å². The Kier molecular flexibility index (Phi) is 4.83. The first-order valence-electron chi connectivity index (χ1n) is 6.79. The van der Waals surface area contributed by atoms with Gasteiger partial charge in [0.1, 0.15) is 0 Å². The summed E-state index contributed by atoms with van der Waals surface area (Å²) in [7, 11) is 0. The molecule has 1 aliphatic rings. The molecule has 1 aliphatic carbocycles. The predicted octanol–water partition coefficient (Wildman–Crippen LogP) is 2.93. The standard InChI is InChI=1S/C15H20ClNO2/c1-10-6-7-11(8-13(10)16)15(19)17-14-5-3-2-4-12(14)9-18/h6-8,12,14,18H,2-5,9H2,1H3,(H,17,19). The number of aliphatic hydroxyl groups is 1. The maximum Gasteiger partial charge on any atom is 0.251 e. The molecule has 0 radical (unpaired) electrons. The second-order valence-electron chi connectivity index (χ2n) is 5.27. The smallest absolute Gasteiger partial charge is 0.251 e. The Bertz CT molecular complexity index is 461. The summed E-state index contributed by atoms with van der Waals surface area (Å²) >= 11 is 6.04. The molecule has 0 bridgehead atoms. The van der Waals surface area contributed by atoms with Gasteiger partial charge in [0.15, 0.2) is 0 Å². The van der Waals surface area contributed by atoms with Crippen LogP contribution in [0, 0.1) is 12.8 Å². The monoisotopic (exact) mass is 281 g/mol. The molecule has 0 saturated heterocycles. The SMILES string of the molecule is Cc1ccc(C(=O)NC2CCCCC2CO)cc1Cl. The Morgan fingerprint density at radius 2 is 2.16 bits per heavy atom. The quantitative estimate of drug-likeness (QED) is 0.895. The summed E-state index contributed by atoms with van der Waals surface area (Å²) in [6.45, 7) is 2.05. The minimum atomic E-state index is -0.104. The van der Waals surface area contributed by atoms with E-state index in [2.05, 4.69) is 5.32 Å². The van der Waals surface area contributed by atoms with E-state index in [9.17, 15) is 9.90 Å². The Morgan fingerprint density at radius 3 is 2.84 bits per heavy atom. The molecule has 2 rings (SSSR count). The van der Waals surface area contributed by atoms with E-state index >= 15 is 0 Å². The number of carbonyl (C=O) groups excluding carboxylic acids is 1. The van der Waals surface area contributed by atoms with E-state index in [-0.39, 0.29) is 24.5 Å². The number of aryl methyl sites for hydroxylation is 1. The number of rotatable bonds is 3. The first-order valence-corrected chi connectivity index (χ1v) is 7.17. The van der Waals surface area contributed by atoms with Gasteiger partial charge in [-0.2, -0.15) is 0 Å². The average Bonchev–Trinajstić information content (AvgIpc) is 2.42. The lowest BCUT2D eigenvalue weighted by molar-refractivity contribution is 0.0872. The zero-order valence-electron chi connectivity index (χ0n) is 11.2. The van der Waals surface area contributed by atoms with Gasteiger partial charge in [0.05, 0.1) is 0 Å². The summed E-state index contributed by atoms with van der Waals surface area (Å²) in [6.07, 6.45) is 4.16. The number of halogens is 1. The third kappa shape index (κ3) is 3.48. The molecule has 1 aromatic rings. The Labute approximate surface area is 119 Å². The van der Waals surface area contributed by atoms with Crippen molar-refractivity contribution in [2.24, 2.45) is 5.92 Å².